The van der Waals surface area contributed by atoms with Crippen LogP contribution in [0.4, 0.5) is 0 Å². The van der Waals surface area contributed by atoms with Gasteiger partial charge < -0.3 is 0 Å². The van der Waals surface area contributed by atoms with Crippen LogP contribution in [-0.2, 0) is 9.59 Å². The number of fused-ring (bicyclic) bond motifs is 2. The first kappa shape index (κ1) is 17.6. The Morgan fingerprint density at radius 1 is 0.607 bits per heavy atom. The van der Waals surface area contributed by atoms with Gasteiger partial charge in [0.05, 0.1) is 23.6 Å². The van der Waals surface area contributed by atoms with E-state index < -0.39 is 11.9 Å². The fourth-order valence-corrected chi connectivity index (χ4v) is 2.94. The largest absolute Gasteiger partial charge is 0.381 e. The van der Waals surface area contributed by atoms with Crippen LogP contribution in [0.15, 0.2) is 85.2 Å². The molecule has 2 aromatic carbocycles. The number of carbonyl (C=O) groups is 2. The first-order valence-electron chi connectivity index (χ1n) is 8.92. The third-order valence-electron chi connectivity index (χ3n) is 4.28. The molecule has 0 unspecified atom stereocenters. The highest BCUT2D eigenvalue weighted by molar-refractivity contribution is 5.79. The van der Waals surface area contributed by atoms with Gasteiger partial charge in [-0.3, -0.25) is 0 Å². The maximum Gasteiger partial charge on any atom is 0.381 e. The van der Waals surface area contributed by atoms with E-state index in [1.54, 1.807) is 24.5 Å². The molecule has 0 spiro atoms. The smallest absolute Gasteiger partial charge is 0.245 e. The minimum absolute atomic E-state index is 0.0830. The number of pyridine rings is 2. The molecule has 2 heterocycles. The highest BCUT2D eigenvalue weighted by Crippen LogP contribution is 2.08. The molecule has 4 aromatic rings. The van der Waals surface area contributed by atoms with Crippen LogP contribution >= 0.6 is 0 Å². The van der Waals surface area contributed by atoms with Gasteiger partial charge in [0, 0.05) is 33.7 Å². The van der Waals surface area contributed by atoms with Gasteiger partial charge in [0.25, 0.3) is 11.0 Å². The average molecular weight is 374 g/mol. The zero-order valence-electron chi connectivity index (χ0n) is 15.0. The van der Waals surface area contributed by atoms with Crippen molar-refractivity contribution in [2.45, 2.75) is 12.8 Å². The number of carbonyl (C=O) groups excluding carboxylic acids is 2. The summed E-state index contributed by atoms with van der Waals surface area (Å²) in [5, 5.41) is 1.90. The van der Waals surface area contributed by atoms with Gasteiger partial charge in [0.1, 0.15) is 0 Å². The van der Waals surface area contributed by atoms with Crippen molar-refractivity contribution in [3.05, 3.63) is 85.2 Å². The van der Waals surface area contributed by atoms with Crippen molar-refractivity contribution in [2.75, 3.05) is 0 Å². The van der Waals surface area contributed by atoms with Crippen molar-refractivity contribution in [3.8, 4) is 0 Å². The van der Waals surface area contributed by atoms with Gasteiger partial charge in [-0.05, 0) is 24.3 Å². The summed E-state index contributed by atoms with van der Waals surface area (Å²) < 4.78 is 2.81. The number of hydrogen-bond donors (Lipinski definition) is 0. The molecule has 0 saturated carbocycles. The summed E-state index contributed by atoms with van der Waals surface area (Å²) in [7, 11) is 0. The molecule has 28 heavy (non-hydrogen) atoms. The predicted molar refractivity (Wildman–Crippen MR) is 101 cm³/mol. The van der Waals surface area contributed by atoms with E-state index >= 15 is 0 Å². The summed E-state index contributed by atoms with van der Waals surface area (Å²) in [6.45, 7) is 0. The highest BCUT2D eigenvalue weighted by Gasteiger charge is 2.20. The van der Waals surface area contributed by atoms with Crippen molar-refractivity contribution >= 4 is 33.7 Å². The van der Waals surface area contributed by atoms with Crippen LogP contribution in [0.25, 0.3) is 21.8 Å². The second kappa shape index (κ2) is 7.84. The second-order valence-corrected chi connectivity index (χ2v) is 6.21. The van der Waals surface area contributed by atoms with Crippen molar-refractivity contribution < 1.29 is 28.7 Å². The molecule has 0 aliphatic carbocycles. The van der Waals surface area contributed by atoms with E-state index in [4.69, 9.17) is 9.68 Å². The first-order chi connectivity index (χ1) is 13.7. The third-order valence-corrected chi connectivity index (χ3v) is 4.28. The molecule has 6 nitrogen and oxygen atoms in total. The topological polar surface area (TPSA) is 60.4 Å². The SMILES string of the molecule is O=C(CCC(=O)O[n+]1cccc2ccccc21)O[n+]1cccc2ccccc21. The van der Waals surface area contributed by atoms with Crippen LogP contribution in [0.5, 0.6) is 0 Å². The number of para-hydroxylation sites is 2. The Morgan fingerprint density at radius 2 is 1.00 bits per heavy atom. The maximum absolute atomic E-state index is 12.2. The summed E-state index contributed by atoms with van der Waals surface area (Å²) in [4.78, 5) is 35.1. The third kappa shape index (κ3) is 3.81. The Bertz CT molecular complexity index is 1070. The lowest BCUT2D eigenvalue weighted by molar-refractivity contribution is -0.849. The Labute approximate surface area is 161 Å². The van der Waals surface area contributed by atoms with Crippen LogP contribution in [0.1, 0.15) is 12.8 Å². The molecule has 0 N–H and O–H groups in total. The van der Waals surface area contributed by atoms with Crippen LogP contribution in [0.2, 0.25) is 0 Å². The zero-order valence-corrected chi connectivity index (χ0v) is 15.0. The molecule has 0 radical (unpaired) electrons. The van der Waals surface area contributed by atoms with Gasteiger partial charge in [0.2, 0.25) is 12.4 Å². The zero-order chi connectivity index (χ0) is 19.3. The van der Waals surface area contributed by atoms with E-state index in [1.165, 1.54) is 9.46 Å². The molecule has 0 aliphatic rings. The van der Waals surface area contributed by atoms with Gasteiger partial charge in [-0.15, -0.1) is 0 Å². The fraction of sp³-hybridized carbons (Fsp3) is 0.0909. The van der Waals surface area contributed by atoms with Gasteiger partial charge >= 0.3 is 11.9 Å². The fourth-order valence-electron chi connectivity index (χ4n) is 2.94. The molecule has 0 aliphatic heterocycles. The van der Waals surface area contributed by atoms with E-state index in [0.29, 0.717) is 0 Å². The average Bonchev–Trinajstić information content (AvgIpc) is 2.73. The molecule has 0 bridgehead atoms. The lowest BCUT2D eigenvalue weighted by atomic mass is 10.2. The van der Waals surface area contributed by atoms with Crippen molar-refractivity contribution in [1.82, 2.24) is 0 Å². The van der Waals surface area contributed by atoms with E-state index in [2.05, 4.69) is 0 Å². The molecule has 0 fully saturated rings. The molecule has 0 atom stereocenters. The summed E-state index contributed by atoms with van der Waals surface area (Å²) in [6, 6.07) is 22.6. The maximum atomic E-state index is 12.2. The van der Waals surface area contributed by atoms with Gasteiger partial charge in [0.15, 0.2) is 0 Å². The summed E-state index contributed by atoms with van der Waals surface area (Å²) in [5.74, 6) is -1.03. The van der Waals surface area contributed by atoms with Gasteiger partial charge in [-0.25, -0.2) is 9.59 Å². The summed E-state index contributed by atoms with van der Waals surface area (Å²) in [5.41, 5.74) is 1.54. The van der Waals surface area contributed by atoms with Gasteiger partial charge in [-0.2, -0.15) is 9.68 Å². The molecule has 6 heteroatoms. The van der Waals surface area contributed by atoms with Crippen molar-refractivity contribution in [3.63, 3.8) is 0 Å². The Hall–Kier alpha value is -3.80. The van der Waals surface area contributed by atoms with Crippen LogP contribution < -0.4 is 19.1 Å². The normalized spacial score (nSPS) is 10.7. The predicted octanol–water partition coefficient (Wildman–Crippen LogP) is 1.96. The lowest BCUT2D eigenvalue weighted by Gasteiger charge is -2.00. The quantitative estimate of drug-likeness (QED) is 0.501. The first-order valence-corrected chi connectivity index (χ1v) is 8.92. The Balaban J connectivity index is 1.38. The minimum Gasteiger partial charge on any atom is -0.245 e. The Morgan fingerprint density at radius 3 is 1.46 bits per heavy atom. The van der Waals surface area contributed by atoms with Gasteiger partial charge in [-0.1, -0.05) is 24.3 Å². The van der Waals surface area contributed by atoms with E-state index in [-0.39, 0.29) is 12.8 Å². The molecular formula is C22H18N2O4+2. The van der Waals surface area contributed by atoms with Crippen LogP contribution in [0.3, 0.4) is 0 Å². The molecule has 0 amide bonds. The number of rotatable bonds is 5. The summed E-state index contributed by atoms with van der Waals surface area (Å²) in [6.07, 6.45) is 3.15. The van der Waals surface area contributed by atoms with E-state index in [1.807, 2.05) is 60.7 Å². The van der Waals surface area contributed by atoms with Crippen molar-refractivity contribution in [1.29, 1.82) is 0 Å². The molecular weight excluding hydrogens is 356 g/mol. The minimum atomic E-state index is -0.513. The second-order valence-electron chi connectivity index (χ2n) is 6.21. The number of benzene rings is 2. The van der Waals surface area contributed by atoms with Crippen LogP contribution in [-0.4, -0.2) is 11.9 Å². The molecule has 138 valence electrons. The number of nitrogens with zero attached hydrogens (tertiary/aromatic N) is 2. The molecule has 0 saturated heterocycles. The monoisotopic (exact) mass is 374 g/mol. The molecule has 4 rings (SSSR count). The Kier molecular flexibility index (Phi) is 4.93. The van der Waals surface area contributed by atoms with Crippen molar-refractivity contribution in [2.24, 2.45) is 0 Å². The lowest BCUT2D eigenvalue weighted by Crippen LogP contribution is -2.47. The highest BCUT2D eigenvalue weighted by atomic mass is 16.7. The number of aromatic nitrogens is 2. The number of hydrogen-bond acceptors (Lipinski definition) is 4. The summed E-state index contributed by atoms with van der Waals surface area (Å²) >= 11 is 0. The standard InChI is InChI=1S/C22H18N2O4/c25-21(27-23-15-5-9-17-7-1-3-11-19(17)23)13-14-22(26)28-24-16-6-10-18-8-2-4-12-20(18)24/h1-12,15-16H,13-14H2/q+2. The molecule has 2 aromatic heterocycles. The van der Waals surface area contributed by atoms with Crippen LogP contribution in [0, 0.1) is 0 Å². The van der Waals surface area contributed by atoms with E-state index in [0.717, 1.165) is 21.8 Å². The van der Waals surface area contributed by atoms with E-state index in [9.17, 15) is 9.59 Å².